The van der Waals surface area contributed by atoms with Crippen LogP contribution in [0.1, 0.15) is 37.8 Å². The molecule has 1 aromatic carbocycles. The number of carbonyl (C=O) groups excluding carboxylic acids is 1. The van der Waals surface area contributed by atoms with Gasteiger partial charge in [0.2, 0.25) is 0 Å². The number of nitrogens with zero attached hydrogens (tertiary/aromatic N) is 4. The van der Waals surface area contributed by atoms with Crippen molar-refractivity contribution in [2.45, 2.75) is 39.8 Å². The number of rotatable bonds is 7. The predicted molar refractivity (Wildman–Crippen MR) is 125 cm³/mol. The van der Waals surface area contributed by atoms with E-state index in [1.54, 1.807) is 0 Å². The molecule has 0 amide bonds. The lowest BCUT2D eigenvalue weighted by atomic mass is 9.97. The largest absolute Gasteiger partial charge is 0.466 e. The molecule has 2 fully saturated rings. The highest BCUT2D eigenvalue weighted by Crippen LogP contribution is 2.19. The summed E-state index contributed by atoms with van der Waals surface area (Å²) in [6.07, 6.45) is 1.64. The zero-order chi connectivity index (χ0) is 22.1. The zero-order valence-corrected chi connectivity index (χ0v) is 19.5. The van der Waals surface area contributed by atoms with E-state index in [2.05, 4.69) is 56.2 Å². The molecule has 0 spiro atoms. The first-order chi connectivity index (χ1) is 15.1. The smallest absolute Gasteiger partial charge is 0.309 e. The molecule has 0 aromatic heterocycles. The monoisotopic (exact) mass is 429 g/mol. The van der Waals surface area contributed by atoms with Gasteiger partial charge in [-0.15, -0.1) is 0 Å². The van der Waals surface area contributed by atoms with Gasteiger partial charge in [-0.1, -0.05) is 31.2 Å². The van der Waals surface area contributed by atoms with Crippen molar-refractivity contribution in [3.05, 3.63) is 35.4 Å². The maximum absolute atomic E-state index is 11.9. The van der Waals surface area contributed by atoms with Gasteiger partial charge in [0.1, 0.15) is 0 Å². The van der Waals surface area contributed by atoms with Crippen LogP contribution in [0.2, 0.25) is 0 Å². The van der Waals surface area contributed by atoms with Crippen molar-refractivity contribution in [3.8, 4) is 0 Å². The Labute approximate surface area is 187 Å². The maximum atomic E-state index is 11.9. The molecule has 0 bridgehead atoms. The number of hydrogen-bond acceptors (Lipinski definition) is 5. The first kappa shape index (κ1) is 23.5. The average molecular weight is 430 g/mol. The summed E-state index contributed by atoms with van der Waals surface area (Å²) in [6, 6.07) is 8.92. The first-order valence-corrected chi connectivity index (χ1v) is 11.8. The quantitative estimate of drug-likeness (QED) is 0.407. The molecule has 0 aliphatic carbocycles. The number of ether oxygens (including phenoxy) is 1. The van der Waals surface area contributed by atoms with E-state index in [1.807, 2.05) is 14.0 Å². The third-order valence-corrected chi connectivity index (χ3v) is 6.42. The number of nitrogens with one attached hydrogen (secondary N) is 1. The minimum absolute atomic E-state index is 0.0202. The lowest BCUT2D eigenvalue weighted by molar-refractivity contribution is -0.149. The van der Waals surface area contributed by atoms with Crippen LogP contribution in [-0.2, 0) is 22.6 Å². The summed E-state index contributed by atoms with van der Waals surface area (Å²) < 4.78 is 5.17. The van der Waals surface area contributed by atoms with E-state index < -0.39 is 0 Å². The summed E-state index contributed by atoms with van der Waals surface area (Å²) in [7, 11) is 1.82. The normalized spacial score (nSPS) is 19.5. The fraction of sp³-hybridized carbons (Fsp3) is 0.667. The minimum atomic E-state index is -0.0579. The van der Waals surface area contributed by atoms with Gasteiger partial charge >= 0.3 is 5.97 Å². The fourth-order valence-electron chi connectivity index (χ4n) is 4.38. The van der Waals surface area contributed by atoms with Crippen molar-refractivity contribution in [1.29, 1.82) is 0 Å². The van der Waals surface area contributed by atoms with Gasteiger partial charge in [-0.25, -0.2) is 0 Å². The molecule has 2 heterocycles. The lowest BCUT2D eigenvalue weighted by Crippen LogP contribution is -2.46. The molecule has 3 rings (SSSR count). The van der Waals surface area contributed by atoms with Gasteiger partial charge in [0, 0.05) is 59.4 Å². The molecule has 0 radical (unpaired) electrons. The predicted octanol–water partition coefficient (Wildman–Crippen LogP) is 2.17. The molecule has 0 saturated carbocycles. The minimum Gasteiger partial charge on any atom is -0.466 e. The van der Waals surface area contributed by atoms with Gasteiger partial charge < -0.3 is 19.9 Å². The second-order valence-electron chi connectivity index (χ2n) is 8.44. The summed E-state index contributed by atoms with van der Waals surface area (Å²) in [6.45, 7) is 13.8. The van der Waals surface area contributed by atoms with Crippen molar-refractivity contribution in [2.75, 3.05) is 59.5 Å². The zero-order valence-electron chi connectivity index (χ0n) is 19.5. The third kappa shape index (κ3) is 6.94. The average Bonchev–Trinajstić information content (AvgIpc) is 2.81. The van der Waals surface area contributed by atoms with Gasteiger partial charge in [0.15, 0.2) is 5.96 Å². The number of piperidine rings is 1. The van der Waals surface area contributed by atoms with Crippen molar-refractivity contribution in [1.82, 2.24) is 20.0 Å². The van der Waals surface area contributed by atoms with Crippen molar-refractivity contribution < 1.29 is 9.53 Å². The third-order valence-electron chi connectivity index (χ3n) is 6.42. The highest BCUT2D eigenvalue weighted by atomic mass is 16.5. The molecule has 2 aliphatic rings. The molecule has 7 heteroatoms. The Balaban J connectivity index is 1.42. The van der Waals surface area contributed by atoms with Crippen LogP contribution >= 0.6 is 0 Å². The van der Waals surface area contributed by atoms with Crippen LogP contribution in [0.4, 0.5) is 0 Å². The second-order valence-corrected chi connectivity index (χ2v) is 8.44. The van der Waals surface area contributed by atoms with E-state index >= 15 is 0 Å². The highest BCUT2D eigenvalue weighted by Gasteiger charge is 2.27. The van der Waals surface area contributed by atoms with Crippen LogP contribution in [0.25, 0.3) is 0 Å². The van der Waals surface area contributed by atoms with Crippen LogP contribution in [-0.4, -0.2) is 86.1 Å². The number of piperazine rings is 1. The Morgan fingerprint density at radius 2 is 1.61 bits per heavy atom. The summed E-state index contributed by atoms with van der Waals surface area (Å²) in [5.74, 6) is 0.865. The van der Waals surface area contributed by atoms with E-state index in [-0.39, 0.29) is 11.9 Å². The molecule has 7 nitrogen and oxygen atoms in total. The van der Waals surface area contributed by atoms with E-state index in [9.17, 15) is 4.79 Å². The molecule has 1 aromatic rings. The number of aliphatic imine (C=N–C) groups is 1. The molecule has 1 N–H and O–H groups in total. The summed E-state index contributed by atoms with van der Waals surface area (Å²) in [5.41, 5.74) is 2.63. The molecular formula is C24H39N5O2. The standard InChI is InChI=1S/C24H39N5O2/c1-4-27-14-16-28(17-15-27)19-21-8-6-20(7-9-21)18-26-24(25-3)29-12-10-22(11-13-29)23(30)31-5-2/h6-9,22H,4-5,10-19H2,1-3H3,(H,25,26). The number of guanidine groups is 1. The Morgan fingerprint density at radius 1 is 1.00 bits per heavy atom. The molecular weight excluding hydrogens is 390 g/mol. The van der Waals surface area contributed by atoms with Gasteiger partial charge in [-0.05, 0) is 37.4 Å². The van der Waals surface area contributed by atoms with Gasteiger partial charge in [-0.3, -0.25) is 14.7 Å². The fourth-order valence-corrected chi connectivity index (χ4v) is 4.38. The van der Waals surface area contributed by atoms with E-state index in [0.717, 1.165) is 64.6 Å². The Morgan fingerprint density at radius 3 is 2.19 bits per heavy atom. The number of likely N-dealkylation sites (tertiary alicyclic amines) is 1. The number of benzene rings is 1. The molecule has 172 valence electrons. The van der Waals surface area contributed by atoms with Crippen molar-refractivity contribution in [3.63, 3.8) is 0 Å². The van der Waals surface area contributed by atoms with Gasteiger partial charge in [-0.2, -0.15) is 0 Å². The Kier molecular flexibility index (Phi) is 9.15. The molecule has 31 heavy (non-hydrogen) atoms. The van der Waals surface area contributed by atoms with Crippen molar-refractivity contribution in [2.24, 2.45) is 10.9 Å². The molecule has 2 aliphatic heterocycles. The number of hydrogen-bond donors (Lipinski definition) is 1. The van der Waals surface area contributed by atoms with Crippen molar-refractivity contribution >= 4 is 11.9 Å². The van der Waals surface area contributed by atoms with E-state index in [4.69, 9.17) is 4.74 Å². The van der Waals surface area contributed by atoms with E-state index in [0.29, 0.717) is 6.61 Å². The Bertz CT molecular complexity index is 705. The summed E-state index contributed by atoms with van der Waals surface area (Å²) in [4.78, 5) is 23.7. The van der Waals surface area contributed by atoms with Crippen LogP contribution in [0, 0.1) is 5.92 Å². The lowest BCUT2D eigenvalue weighted by Gasteiger charge is -2.34. The maximum Gasteiger partial charge on any atom is 0.309 e. The summed E-state index contributed by atoms with van der Waals surface area (Å²) in [5, 5.41) is 3.48. The SMILES string of the molecule is CCOC(=O)C1CCN(C(=NC)NCc2ccc(CN3CCN(CC)CC3)cc2)CC1. The number of likely N-dealkylation sites (N-methyl/N-ethyl adjacent to an activating group) is 1. The summed E-state index contributed by atoms with van der Waals surface area (Å²) >= 11 is 0. The first-order valence-electron chi connectivity index (χ1n) is 11.8. The van der Waals surface area contributed by atoms with Crippen LogP contribution < -0.4 is 5.32 Å². The van der Waals surface area contributed by atoms with Gasteiger partial charge in [0.05, 0.1) is 12.5 Å². The molecule has 0 atom stereocenters. The van der Waals surface area contributed by atoms with E-state index in [1.165, 1.54) is 24.2 Å². The van der Waals surface area contributed by atoms with Crippen LogP contribution in [0.3, 0.4) is 0 Å². The van der Waals surface area contributed by atoms with Crippen LogP contribution in [0.15, 0.2) is 29.3 Å². The Hall–Kier alpha value is -2.12. The highest BCUT2D eigenvalue weighted by molar-refractivity contribution is 5.80. The molecule has 0 unspecified atom stereocenters. The number of carbonyl (C=O) groups is 1. The molecule has 2 saturated heterocycles. The topological polar surface area (TPSA) is 60.4 Å². The second kappa shape index (κ2) is 12.1. The van der Waals surface area contributed by atoms with Crippen LogP contribution in [0.5, 0.6) is 0 Å². The van der Waals surface area contributed by atoms with Gasteiger partial charge in [0.25, 0.3) is 0 Å². The number of esters is 1.